The van der Waals surface area contributed by atoms with E-state index in [1.165, 1.54) is 13.0 Å². The zero-order valence-electron chi connectivity index (χ0n) is 13.6. The Bertz CT molecular complexity index is 779. The highest BCUT2D eigenvalue weighted by atomic mass is 19.1. The highest BCUT2D eigenvalue weighted by molar-refractivity contribution is 5.94. The number of aromatic nitrogens is 1. The molecule has 0 bridgehead atoms. The second-order valence-electron chi connectivity index (χ2n) is 5.82. The Morgan fingerprint density at radius 1 is 1.17 bits per heavy atom. The number of anilines is 1. The Kier molecular flexibility index (Phi) is 4.33. The van der Waals surface area contributed by atoms with Gasteiger partial charge in [-0.25, -0.2) is 4.39 Å². The number of piperazine rings is 1. The number of hydrogen-bond acceptors (Lipinski definition) is 5. The van der Waals surface area contributed by atoms with Crippen molar-refractivity contribution in [3.63, 3.8) is 0 Å². The molecule has 1 aromatic carbocycles. The average Bonchev–Trinajstić information content (AvgIpc) is 3.00. The van der Waals surface area contributed by atoms with E-state index in [2.05, 4.69) is 5.16 Å². The van der Waals surface area contributed by atoms with E-state index in [-0.39, 0.29) is 17.4 Å². The van der Waals surface area contributed by atoms with E-state index in [0.717, 1.165) is 0 Å². The largest absolute Gasteiger partial charge is 0.366 e. The molecule has 0 saturated carbocycles. The molecule has 0 unspecified atom stereocenters. The third-order valence-electron chi connectivity index (χ3n) is 4.11. The fourth-order valence-corrected chi connectivity index (χ4v) is 2.76. The third-order valence-corrected chi connectivity index (χ3v) is 4.11. The second kappa shape index (κ2) is 6.43. The molecule has 1 saturated heterocycles. The van der Waals surface area contributed by atoms with Crippen LogP contribution in [0.2, 0.25) is 0 Å². The number of hydrogen-bond donors (Lipinski definition) is 0. The van der Waals surface area contributed by atoms with Crippen LogP contribution in [0.4, 0.5) is 10.1 Å². The first-order chi connectivity index (χ1) is 11.5. The van der Waals surface area contributed by atoms with Crippen LogP contribution in [0.5, 0.6) is 0 Å². The predicted octanol–water partition coefficient (Wildman–Crippen LogP) is 2.29. The van der Waals surface area contributed by atoms with Crippen LogP contribution in [0.15, 0.2) is 28.8 Å². The summed E-state index contributed by atoms with van der Waals surface area (Å²) in [5.41, 5.74) is 1.09. The lowest BCUT2D eigenvalue weighted by atomic mass is 10.1. The van der Waals surface area contributed by atoms with Crippen molar-refractivity contribution < 1.29 is 18.5 Å². The van der Waals surface area contributed by atoms with Crippen LogP contribution in [0.3, 0.4) is 0 Å². The lowest BCUT2D eigenvalue weighted by molar-refractivity contribution is 0.0736. The summed E-state index contributed by atoms with van der Waals surface area (Å²) in [6, 6.07) is 6.10. The molecule has 0 spiro atoms. The molecule has 2 aromatic rings. The van der Waals surface area contributed by atoms with Gasteiger partial charge in [-0.1, -0.05) is 5.16 Å². The summed E-state index contributed by atoms with van der Waals surface area (Å²) in [6.07, 6.45) is 0. The molecule has 0 N–H and O–H groups in total. The molecule has 7 heteroatoms. The molecule has 126 valence electrons. The molecule has 1 amide bonds. The van der Waals surface area contributed by atoms with Crippen LogP contribution in [0.1, 0.15) is 33.5 Å². The van der Waals surface area contributed by atoms with Crippen molar-refractivity contribution in [1.29, 1.82) is 0 Å². The third kappa shape index (κ3) is 3.15. The van der Waals surface area contributed by atoms with Gasteiger partial charge in [-0.15, -0.1) is 0 Å². The van der Waals surface area contributed by atoms with E-state index >= 15 is 0 Å². The molecular weight excluding hydrogens is 313 g/mol. The number of carbonyl (C=O) groups excluding carboxylic acids is 2. The molecule has 0 radical (unpaired) electrons. The summed E-state index contributed by atoms with van der Waals surface area (Å²) < 4.78 is 19.1. The quantitative estimate of drug-likeness (QED) is 0.807. The number of halogens is 1. The van der Waals surface area contributed by atoms with Gasteiger partial charge in [-0.3, -0.25) is 9.59 Å². The van der Waals surface area contributed by atoms with E-state index in [4.69, 9.17) is 4.52 Å². The van der Waals surface area contributed by atoms with Gasteiger partial charge in [0.1, 0.15) is 11.6 Å². The van der Waals surface area contributed by atoms with Crippen LogP contribution >= 0.6 is 0 Å². The number of rotatable bonds is 3. The van der Waals surface area contributed by atoms with Crippen molar-refractivity contribution in [3.8, 4) is 0 Å². The van der Waals surface area contributed by atoms with Crippen molar-refractivity contribution in [2.24, 2.45) is 0 Å². The molecule has 6 nitrogen and oxygen atoms in total. The Labute approximate surface area is 138 Å². The number of Topliss-reactive ketones (excluding diaryl/α,β-unsaturated/α-hetero) is 1. The van der Waals surface area contributed by atoms with Gasteiger partial charge in [0, 0.05) is 37.8 Å². The number of nitrogens with zero attached hydrogens (tertiary/aromatic N) is 3. The number of benzene rings is 1. The molecule has 1 aliphatic rings. The summed E-state index contributed by atoms with van der Waals surface area (Å²) in [6.45, 7) is 5.11. The monoisotopic (exact) mass is 331 g/mol. The minimum absolute atomic E-state index is 0.168. The molecule has 0 atom stereocenters. The smallest absolute Gasteiger partial charge is 0.276 e. The van der Waals surface area contributed by atoms with Crippen LogP contribution in [0.25, 0.3) is 0 Å². The minimum atomic E-state index is -0.422. The van der Waals surface area contributed by atoms with Gasteiger partial charge in [0.2, 0.25) is 0 Å². The first-order valence-electron chi connectivity index (χ1n) is 7.74. The summed E-state index contributed by atoms with van der Waals surface area (Å²) in [4.78, 5) is 27.2. The highest BCUT2D eigenvalue weighted by Crippen LogP contribution is 2.22. The fraction of sp³-hybridized carbons (Fsp3) is 0.353. The summed E-state index contributed by atoms with van der Waals surface area (Å²) in [7, 11) is 0. The Hall–Kier alpha value is -2.70. The molecule has 3 rings (SSSR count). The van der Waals surface area contributed by atoms with Gasteiger partial charge in [0.05, 0.1) is 5.69 Å². The Morgan fingerprint density at radius 3 is 2.42 bits per heavy atom. The molecule has 0 aliphatic carbocycles. The first kappa shape index (κ1) is 16.2. The maximum absolute atomic E-state index is 14.2. The molecule has 1 aromatic heterocycles. The lowest BCUT2D eigenvalue weighted by Gasteiger charge is -2.35. The van der Waals surface area contributed by atoms with Crippen molar-refractivity contribution in [1.82, 2.24) is 10.1 Å². The molecule has 24 heavy (non-hydrogen) atoms. The van der Waals surface area contributed by atoms with Crippen molar-refractivity contribution in [3.05, 3.63) is 47.1 Å². The molecule has 1 fully saturated rings. The van der Waals surface area contributed by atoms with Gasteiger partial charge < -0.3 is 14.3 Å². The van der Waals surface area contributed by atoms with Crippen molar-refractivity contribution in [2.45, 2.75) is 13.8 Å². The van der Waals surface area contributed by atoms with Gasteiger partial charge in [-0.2, -0.15) is 0 Å². The van der Waals surface area contributed by atoms with Crippen molar-refractivity contribution >= 4 is 17.4 Å². The number of amides is 1. The number of aryl methyl sites for hydroxylation is 1. The lowest BCUT2D eigenvalue weighted by Crippen LogP contribution is -2.49. The summed E-state index contributed by atoms with van der Waals surface area (Å²) in [5.74, 6) is -0.183. The van der Waals surface area contributed by atoms with Crippen LogP contribution in [-0.4, -0.2) is 47.9 Å². The number of ketones is 1. The van der Waals surface area contributed by atoms with E-state index in [1.54, 1.807) is 30.0 Å². The SMILES string of the molecule is CC(=O)c1ccc(N2CCN(C(=O)c3cc(C)on3)CC2)c(F)c1. The maximum Gasteiger partial charge on any atom is 0.276 e. The molecule has 1 aliphatic heterocycles. The van der Waals surface area contributed by atoms with Crippen molar-refractivity contribution in [2.75, 3.05) is 31.1 Å². The van der Waals surface area contributed by atoms with Gasteiger partial charge in [0.25, 0.3) is 5.91 Å². The predicted molar refractivity (Wildman–Crippen MR) is 85.8 cm³/mol. The topological polar surface area (TPSA) is 66.7 Å². The average molecular weight is 331 g/mol. The number of carbonyl (C=O) groups is 2. The maximum atomic E-state index is 14.2. The van der Waals surface area contributed by atoms with E-state index < -0.39 is 5.82 Å². The van der Waals surface area contributed by atoms with Gasteiger partial charge in [-0.05, 0) is 32.0 Å². The minimum Gasteiger partial charge on any atom is -0.366 e. The molecule has 2 heterocycles. The second-order valence-corrected chi connectivity index (χ2v) is 5.82. The van der Waals surface area contributed by atoms with E-state index in [1.807, 2.05) is 4.90 Å². The Morgan fingerprint density at radius 2 is 1.88 bits per heavy atom. The highest BCUT2D eigenvalue weighted by Gasteiger charge is 2.25. The summed E-state index contributed by atoms with van der Waals surface area (Å²) >= 11 is 0. The fourth-order valence-electron chi connectivity index (χ4n) is 2.76. The van der Waals surface area contributed by atoms with Gasteiger partial charge in [0.15, 0.2) is 11.5 Å². The first-order valence-corrected chi connectivity index (χ1v) is 7.74. The standard InChI is InChI=1S/C17H18FN3O3/c1-11-9-15(19-24-11)17(23)21-7-5-20(6-8-21)16-4-3-13(12(2)22)10-14(16)18/h3-4,9-10H,5-8H2,1-2H3. The zero-order valence-corrected chi connectivity index (χ0v) is 13.6. The molecular formula is C17H18FN3O3. The van der Waals surface area contributed by atoms with Crippen LogP contribution in [0, 0.1) is 12.7 Å². The van der Waals surface area contributed by atoms with Gasteiger partial charge >= 0.3 is 0 Å². The van der Waals surface area contributed by atoms with Crippen LogP contribution < -0.4 is 4.90 Å². The zero-order chi connectivity index (χ0) is 17.3. The van der Waals surface area contributed by atoms with E-state index in [9.17, 15) is 14.0 Å². The summed E-state index contributed by atoms with van der Waals surface area (Å²) in [5, 5.41) is 3.74. The van der Waals surface area contributed by atoms with E-state index in [0.29, 0.717) is 43.2 Å². The van der Waals surface area contributed by atoms with Crippen LogP contribution in [-0.2, 0) is 0 Å². The normalized spacial score (nSPS) is 14.8. The Balaban J connectivity index is 1.67.